The second-order valence-corrected chi connectivity index (χ2v) is 8.66. The number of β-amino-alcohol motifs (C(OH)–C–C–N with tert-alkyl or cyclic N) is 1. The van der Waals surface area contributed by atoms with Gasteiger partial charge in [0, 0.05) is 31.0 Å². The van der Waals surface area contributed by atoms with E-state index in [1.165, 1.54) is 0 Å². The molecule has 3 unspecified atom stereocenters. The van der Waals surface area contributed by atoms with E-state index in [2.05, 4.69) is 37.8 Å². The summed E-state index contributed by atoms with van der Waals surface area (Å²) in [5, 5.41) is 14.4. The van der Waals surface area contributed by atoms with E-state index < -0.39 is 0 Å². The zero-order chi connectivity index (χ0) is 21.1. The van der Waals surface area contributed by atoms with E-state index in [9.17, 15) is 5.11 Å². The van der Waals surface area contributed by atoms with Gasteiger partial charge >= 0.3 is 0 Å². The molecule has 3 aliphatic heterocycles. The van der Waals surface area contributed by atoms with Crippen LogP contribution in [-0.4, -0.2) is 57.3 Å². The lowest BCUT2D eigenvalue weighted by Crippen LogP contribution is -2.30. The highest BCUT2D eigenvalue weighted by atomic mass is 16.6. The first-order chi connectivity index (χ1) is 15.1. The summed E-state index contributed by atoms with van der Waals surface area (Å²) in [5.41, 5.74) is 4.99. The number of aliphatic hydroxyl groups excluding tert-OH is 1. The molecule has 1 N–H and O–H groups in total. The maximum absolute atomic E-state index is 10.2. The number of hydrogen-bond acceptors (Lipinski definition) is 7. The van der Waals surface area contributed by atoms with Gasteiger partial charge in [-0.15, -0.1) is 0 Å². The lowest BCUT2D eigenvalue weighted by atomic mass is 9.89. The number of aromatic nitrogens is 3. The van der Waals surface area contributed by atoms with Crippen molar-refractivity contribution in [3.63, 3.8) is 0 Å². The SMILES string of the molecule is CC1=NOC(C)C1c1ccc2nc(N3CC[C@@H](O)C3)n3c2c1OCC3c1cccnc1. The zero-order valence-electron chi connectivity index (χ0n) is 17.6. The number of nitrogens with zero attached hydrogens (tertiary/aromatic N) is 5. The predicted octanol–water partition coefficient (Wildman–Crippen LogP) is 2.86. The molecule has 0 bridgehead atoms. The van der Waals surface area contributed by atoms with E-state index in [0.717, 1.165) is 52.5 Å². The number of ether oxygens (including phenoxy) is 1. The molecule has 8 heteroatoms. The Bertz CT molecular complexity index is 1170. The third kappa shape index (κ3) is 2.81. The number of hydrogen-bond donors (Lipinski definition) is 1. The van der Waals surface area contributed by atoms with Crippen LogP contribution < -0.4 is 9.64 Å². The lowest BCUT2D eigenvalue weighted by Gasteiger charge is -2.31. The smallest absolute Gasteiger partial charge is 0.207 e. The number of anilines is 1. The van der Waals surface area contributed by atoms with Gasteiger partial charge in [0.05, 0.1) is 29.3 Å². The molecule has 3 aliphatic rings. The highest BCUT2D eigenvalue weighted by Gasteiger charge is 2.38. The minimum atomic E-state index is -0.324. The third-order valence-corrected chi connectivity index (χ3v) is 6.65. The van der Waals surface area contributed by atoms with E-state index in [1.54, 1.807) is 6.20 Å². The van der Waals surface area contributed by atoms with Crippen molar-refractivity contribution >= 4 is 22.7 Å². The van der Waals surface area contributed by atoms with E-state index in [4.69, 9.17) is 14.6 Å². The molecule has 8 nitrogen and oxygen atoms in total. The van der Waals surface area contributed by atoms with Crippen molar-refractivity contribution in [1.82, 2.24) is 14.5 Å². The van der Waals surface area contributed by atoms with Crippen molar-refractivity contribution in [3.05, 3.63) is 47.8 Å². The minimum Gasteiger partial charge on any atom is -0.488 e. The molecular formula is C23H25N5O3. The molecule has 2 aromatic heterocycles. The Morgan fingerprint density at radius 3 is 2.84 bits per heavy atom. The zero-order valence-corrected chi connectivity index (χ0v) is 17.6. The van der Waals surface area contributed by atoms with Crippen molar-refractivity contribution in [2.24, 2.45) is 5.16 Å². The average Bonchev–Trinajstić information content (AvgIpc) is 3.48. The Balaban J connectivity index is 1.58. The van der Waals surface area contributed by atoms with Crippen molar-refractivity contribution < 1.29 is 14.7 Å². The molecule has 31 heavy (non-hydrogen) atoms. The first-order valence-electron chi connectivity index (χ1n) is 10.8. The number of oxime groups is 1. The van der Waals surface area contributed by atoms with Gasteiger partial charge in [-0.05, 0) is 38.0 Å². The maximum Gasteiger partial charge on any atom is 0.207 e. The van der Waals surface area contributed by atoms with Crippen LogP contribution in [0.2, 0.25) is 0 Å². The van der Waals surface area contributed by atoms with Gasteiger partial charge in [0.1, 0.15) is 24.0 Å². The summed E-state index contributed by atoms with van der Waals surface area (Å²) in [6, 6.07) is 8.14. The normalized spacial score (nSPS) is 27.3. The Kier molecular flexibility index (Phi) is 4.17. The molecule has 4 atom stereocenters. The van der Waals surface area contributed by atoms with Crippen LogP contribution in [0.3, 0.4) is 0 Å². The average molecular weight is 419 g/mol. The van der Waals surface area contributed by atoms with Gasteiger partial charge in [-0.25, -0.2) is 4.98 Å². The Morgan fingerprint density at radius 1 is 1.23 bits per heavy atom. The molecule has 1 fully saturated rings. The Labute approximate surface area is 180 Å². The second kappa shape index (κ2) is 6.95. The molecule has 5 heterocycles. The van der Waals surface area contributed by atoms with Gasteiger partial charge in [-0.3, -0.25) is 9.55 Å². The first-order valence-corrected chi connectivity index (χ1v) is 10.8. The Hall–Kier alpha value is -3.13. The van der Waals surface area contributed by atoms with Crippen molar-refractivity contribution in [1.29, 1.82) is 0 Å². The van der Waals surface area contributed by atoms with Gasteiger partial charge in [0.25, 0.3) is 0 Å². The fraction of sp³-hybridized carbons (Fsp3) is 0.435. The predicted molar refractivity (Wildman–Crippen MR) is 117 cm³/mol. The number of aliphatic hydroxyl groups is 1. The second-order valence-electron chi connectivity index (χ2n) is 8.66. The van der Waals surface area contributed by atoms with Crippen LogP contribution in [0, 0.1) is 0 Å². The van der Waals surface area contributed by atoms with E-state index in [-0.39, 0.29) is 24.2 Å². The fourth-order valence-electron chi connectivity index (χ4n) is 5.16. The number of benzene rings is 1. The molecule has 0 amide bonds. The standard InChI is InChI=1S/C23H25N5O3/c1-13-20(14(2)31-26-13)17-5-6-18-21-22(17)30-12-19(15-4-3-8-24-10-15)28(21)23(25-18)27-9-7-16(29)11-27/h3-6,8,10,14,16,19-20,29H,7,9,11-12H2,1-2H3/t14?,16-,19?,20?/m1/s1. The number of rotatable bonds is 3. The molecule has 6 rings (SSSR count). The molecule has 0 saturated carbocycles. The van der Waals surface area contributed by atoms with Crippen LogP contribution in [0.1, 0.15) is 43.4 Å². The van der Waals surface area contributed by atoms with Crippen LogP contribution in [0.5, 0.6) is 5.75 Å². The van der Waals surface area contributed by atoms with Crippen LogP contribution in [-0.2, 0) is 4.84 Å². The molecule has 1 aromatic carbocycles. The van der Waals surface area contributed by atoms with Crippen molar-refractivity contribution in [2.75, 3.05) is 24.6 Å². The summed E-state index contributed by atoms with van der Waals surface area (Å²) in [6.45, 7) is 5.90. The van der Waals surface area contributed by atoms with E-state index in [1.807, 2.05) is 26.1 Å². The summed E-state index contributed by atoms with van der Waals surface area (Å²) in [4.78, 5) is 17.1. The summed E-state index contributed by atoms with van der Waals surface area (Å²) in [6.07, 6.45) is 4.06. The highest BCUT2D eigenvalue weighted by Crippen LogP contribution is 2.45. The first kappa shape index (κ1) is 18.6. The summed E-state index contributed by atoms with van der Waals surface area (Å²) >= 11 is 0. The van der Waals surface area contributed by atoms with Crippen LogP contribution in [0.4, 0.5) is 5.95 Å². The van der Waals surface area contributed by atoms with Crippen LogP contribution >= 0.6 is 0 Å². The molecule has 3 aromatic rings. The third-order valence-electron chi connectivity index (χ3n) is 6.65. The molecular weight excluding hydrogens is 394 g/mol. The Morgan fingerprint density at radius 2 is 2.13 bits per heavy atom. The summed E-state index contributed by atoms with van der Waals surface area (Å²) < 4.78 is 8.71. The quantitative estimate of drug-likeness (QED) is 0.703. The molecule has 0 spiro atoms. The van der Waals surface area contributed by atoms with Gasteiger partial charge in [0.2, 0.25) is 5.95 Å². The number of pyridine rings is 1. The lowest BCUT2D eigenvalue weighted by molar-refractivity contribution is 0.0897. The van der Waals surface area contributed by atoms with Crippen molar-refractivity contribution in [2.45, 2.75) is 44.4 Å². The topological polar surface area (TPSA) is 85.0 Å². The largest absolute Gasteiger partial charge is 0.488 e. The monoisotopic (exact) mass is 419 g/mol. The van der Waals surface area contributed by atoms with Crippen LogP contribution in [0.25, 0.3) is 11.0 Å². The van der Waals surface area contributed by atoms with E-state index in [0.29, 0.717) is 13.2 Å². The maximum atomic E-state index is 10.2. The highest BCUT2D eigenvalue weighted by molar-refractivity contribution is 5.94. The van der Waals surface area contributed by atoms with Gasteiger partial charge in [0.15, 0.2) is 0 Å². The van der Waals surface area contributed by atoms with E-state index >= 15 is 0 Å². The molecule has 0 radical (unpaired) electrons. The summed E-state index contributed by atoms with van der Waals surface area (Å²) in [5.74, 6) is 1.78. The van der Waals surface area contributed by atoms with Crippen LogP contribution in [0.15, 0.2) is 41.8 Å². The van der Waals surface area contributed by atoms with Gasteiger partial charge in [-0.1, -0.05) is 17.3 Å². The minimum absolute atomic E-state index is 0.0405. The van der Waals surface area contributed by atoms with Crippen molar-refractivity contribution in [3.8, 4) is 5.75 Å². The molecule has 160 valence electrons. The fourth-order valence-corrected chi connectivity index (χ4v) is 5.16. The summed E-state index contributed by atoms with van der Waals surface area (Å²) in [7, 11) is 0. The van der Waals surface area contributed by atoms with Gasteiger partial charge in [-0.2, -0.15) is 0 Å². The van der Waals surface area contributed by atoms with Gasteiger partial charge < -0.3 is 19.6 Å². The number of imidazole rings is 1. The molecule has 0 aliphatic carbocycles. The molecule has 1 saturated heterocycles.